The third-order valence-electron chi connectivity index (χ3n) is 4.08. The van der Waals surface area contributed by atoms with Crippen molar-refractivity contribution in [3.8, 4) is 5.75 Å². The lowest BCUT2D eigenvalue weighted by Gasteiger charge is -2.19. The highest BCUT2D eigenvalue weighted by atomic mass is 32.2. The van der Waals surface area contributed by atoms with Gasteiger partial charge in [-0.3, -0.25) is 4.79 Å². The Morgan fingerprint density at radius 2 is 2.17 bits per heavy atom. The number of anilines is 1. The predicted molar refractivity (Wildman–Crippen MR) is 87.8 cm³/mol. The van der Waals surface area contributed by atoms with Crippen LogP contribution in [0.5, 0.6) is 5.75 Å². The number of nitrogens with zero attached hydrogens (tertiary/aromatic N) is 1. The minimum absolute atomic E-state index is 0.0370. The molecular formula is C16H22N2O4S. The van der Waals surface area contributed by atoms with Crippen molar-refractivity contribution in [3.05, 3.63) is 23.8 Å². The van der Waals surface area contributed by atoms with E-state index in [-0.39, 0.29) is 24.1 Å². The van der Waals surface area contributed by atoms with Gasteiger partial charge in [-0.2, -0.15) is 4.31 Å². The summed E-state index contributed by atoms with van der Waals surface area (Å²) in [5, 5.41) is 2.89. The molecule has 1 amide bonds. The molecule has 1 aromatic carbocycles. The van der Waals surface area contributed by atoms with Crippen LogP contribution >= 0.6 is 0 Å². The zero-order valence-electron chi connectivity index (χ0n) is 13.2. The molecule has 1 aliphatic heterocycles. The van der Waals surface area contributed by atoms with E-state index in [1.807, 2.05) is 13.0 Å². The summed E-state index contributed by atoms with van der Waals surface area (Å²) in [6, 6.07) is 5.42. The van der Waals surface area contributed by atoms with E-state index in [4.69, 9.17) is 4.74 Å². The zero-order valence-corrected chi connectivity index (χ0v) is 14.1. The molecule has 0 unspecified atom stereocenters. The van der Waals surface area contributed by atoms with E-state index in [0.29, 0.717) is 31.0 Å². The normalized spacial score (nSPS) is 18.7. The molecule has 23 heavy (non-hydrogen) atoms. The maximum absolute atomic E-state index is 12.3. The Hall–Kier alpha value is -1.60. The first-order valence-corrected chi connectivity index (χ1v) is 9.65. The summed E-state index contributed by atoms with van der Waals surface area (Å²) in [5.74, 6) is 0.991. The Balaban J connectivity index is 1.79. The fourth-order valence-corrected chi connectivity index (χ4v) is 4.12. The molecule has 1 aliphatic carbocycles. The Bertz CT molecular complexity index is 698. The minimum atomic E-state index is -3.27. The number of carbonyl (C=O) groups is 1. The zero-order chi connectivity index (χ0) is 16.4. The number of carbonyl (C=O) groups excluding carboxylic acids is 1. The first kappa shape index (κ1) is 16.3. The third-order valence-corrected chi connectivity index (χ3v) is 6.10. The molecule has 1 heterocycles. The van der Waals surface area contributed by atoms with Gasteiger partial charge in [0.2, 0.25) is 15.9 Å². The van der Waals surface area contributed by atoms with Crippen LogP contribution in [0.3, 0.4) is 0 Å². The summed E-state index contributed by atoms with van der Waals surface area (Å²) < 4.78 is 31.7. The lowest BCUT2D eigenvalue weighted by Crippen LogP contribution is -2.34. The standard InChI is InChI=1S/C16H22N2O4S/c1-2-9-23(20,21)18-7-8-22-15-6-5-14(10-13(15)11-18)17-16(19)12-3-4-12/h5-6,10,12H,2-4,7-9,11H2,1H3,(H,17,19). The van der Waals surface area contributed by atoms with Gasteiger partial charge in [0.15, 0.2) is 0 Å². The predicted octanol–water partition coefficient (Wildman–Crippen LogP) is 1.97. The molecule has 1 N–H and O–H groups in total. The molecule has 0 atom stereocenters. The second-order valence-corrected chi connectivity index (χ2v) is 8.17. The second-order valence-electron chi connectivity index (χ2n) is 6.08. The number of sulfonamides is 1. The molecule has 0 bridgehead atoms. The molecule has 1 aromatic rings. The van der Waals surface area contributed by atoms with Gasteiger partial charge >= 0.3 is 0 Å². The smallest absolute Gasteiger partial charge is 0.227 e. The second kappa shape index (κ2) is 6.49. The van der Waals surface area contributed by atoms with Crippen molar-refractivity contribution in [2.45, 2.75) is 32.7 Å². The first-order valence-electron chi connectivity index (χ1n) is 8.04. The van der Waals surface area contributed by atoms with Gasteiger partial charge < -0.3 is 10.1 Å². The first-order chi connectivity index (χ1) is 11.0. The number of amides is 1. The highest BCUT2D eigenvalue weighted by Gasteiger charge is 2.30. The quantitative estimate of drug-likeness (QED) is 0.890. The molecular weight excluding hydrogens is 316 g/mol. The summed E-state index contributed by atoms with van der Waals surface area (Å²) in [6.07, 6.45) is 2.48. The van der Waals surface area contributed by atoms with Crippen molar-refractivity contribution < 1.29 is 17.9 Å². The lowest BCUT2D eigenvalue weighted by atomic mass is 10.1. The Labute approximate surface area is 136 Å². The van der Waals surface area contributed by atoms with Gasteiger partial charge in [-0.15, -0.1) is 0 Å². The number of fused-ring (bicyclic) bond motifs is 1. The largest absolute Gasteiger partial charge is 0.492 e. The fourth-order valence-electron chi connectivity index (χ4n) is 2.66. The van der Waals surface area contributed by atoms with E-state index in [2.05, 4.69) is 5.32 Å². The number of hydrogen-bond acceptors (Lipinski definition) is 4. The number of ether oxygens (including phenoxy) is 1. The molecule has 2 aliphatic rings. The van der Waals surface area contributed by atoms with Crippen LogP contribution in [0.15, 0.2) is 18.2 Å². The van der Waals surface area contributed by atoms with Crippen molar-refractivity contribution in [2.75, 3.05) is 24.2 Å². The van der Waals surface area contributed by atoms with Crippen LogP contribution in [-0.2, 0) is 21.4 Å². The van der Waals surface area contributed by atoms with Crippen LogP contribution in [0.25, 0.3) is 0 Å². The summed E-state index contributed by atoms with van der Waals surface area (Å²) in [4.78, 5) is 11.9. The maximum atomic E-state index is 12.3. The van der Waals surface area contributed by atoms with Crippen LogP contribution in [0, 0.1) is 5.92 Å². The third kappa shape index (κ3) is 3.84. The SMILES string of the molecule is CCCS(=O)(=O)N1CCOc2ccc(NC(=O)C3CC3)cc2C1. The Morgan fingerprint density at radius 1 is 1.39 bits per heavy atom. The van der Waals surface area contributed by atoms with E-state index in [1.165, 1.54) is 4.31 Å². The van der Waals surface area contributed by atoms with Gasteiger partial charge in [-0.05, 0) is 37.5 Å². The monoisotopic (exact) mass is 338 g/mol. The van der Waals surface area contributed by atoms with Crippen LogP contribution < -0.4 is 10.1 Å². The average molecular weight is 338 g/mol. The molecule has 3 rings (SSSR count). The lowest BCUT2D eigenvalue weighted by molar-refractivity contribution is -0.117. The van der Waals surface area contributed by atoms with Crippen LogP contribution in [-0.4, -0.2) is 37.5 Å². The van der Waals surface area contributed by atoms with Gasteiger partial charge in [0, 0.05) is 30.3 Å². The van der Waals surface area contributed by atoms with Crippen LogP contribution in [0.4, 0.5) is 5.69 Å². The van der Waals surface area contributed by atoms with Crippen LogP contribution in [0.2, 0.25) is 0 Å². The summed E-state index contributed by atoms with van der Waals surface area (Å²) >= 11 is 0. The molecule has 7 heteroatoms. The van der Waals surface area contributed by atoms with E-state index in [9.17, 15) is 13.2 Å². The molecule has 126 valence electrons. The van der Waals surface area contributed by atoms with Crippen molar-refractivity contribution in [1.82, 2.24) is 4.31 Å². The van der Waals surface area contributed by atoms with Gasteiger partial charge in [0.25, 0.3) is 0 Å². The van der Waals surface area contributed by atoms with Gasteiger partial charge in [-0.25, -0.2) is 8.42 Å². The molecule has 6 nitrogen and oxygen atoms in total. The van der Waals surface area contributed by atoms with E-state index >= 15 is 0 Å². The molecule has 0 aromatic heterocycles. The van der Waals surface area contributed by atoms with Gasteiger partial charge in [0.05, 0.1) is 5.75 Å². The van der Waals surface area contributed by atoms with Crippen molar-refractivity contribution in [2.24, 2.45) is 5.92 Å². The highest BCUT2D eigenvalue weighted by Crippen LogP contribution is 2.32. The number of rotatable bonds is 5. The van der Waals surface area contributed by atoms with E-state index in [1.54, 1.807) is 12.1 Å². The molecule has 0 radical (unpaired) electrons. The Morgan fingerprint density at radius 3 is 2.87 bits per heavy atom. The number of benzene rings is 1. The number of hydrogen-bond donors (Lipinski definition) is 1. The summed E-state index contributed by atoms with van der Waals surface area (Å²) in [5.41, 5.74) is 1.48. The maximum Gasteiger partial charge on any atom is 0.227 e. The van der Waals surface area contributed by atoms with Gasteiger partial charge in [-0.1, -0.05) is 6.92 Å². The summed E-state index contributed by atoms with van der Waals surface area (Å²) in [6.45, 7) is 2.82. The van der Waals surface area contributed by atoms with Crippen molar-refractivity contribution in [1.29, 1.82) is 0 Å². The number of nitrogens with one attached hydrogen (secondary N) is 1. The molecule has 0 saturated heterocycles. The molecule has 1 fully saturated rings. The van der Waals surface area contributed by atoms with Gasteiger partial charge in [0.1, 0.15) is 12.4 Å². The van der Waals surface area contributed by atoms with Crippen LogP contribution in [0.1, 0.15) is 31.7 Å². The minimum Gasteiger partial charge on any atom is -0.492 e. The van der Waals surface area contributed by atoms with E-state index < -0.39 is 10.0 Å². The van der Waals surface area contributed by atoms with Crippen molar-refractivity contribution >= 4 is 21.6 Å². The topological polar surface area (TPSA) is 75.7 Å². The highest BCUT2D eigenvalue weighted by molar-refractivity contribution is 7.89. The Kier molecular flexibility index (Phi) is 4.59. The fraction of sp³-hybridized carbons (Fsp3) is 0.562. The molecule has 1 saturated carbocycles. The van der Waals surface area contributed by atoms with E-state index in [0.717, 1.165) is 18.4 Å². The molecule has 0 spiro atoms. The average Bonchev–Trinajstić information content (AvgIpc) is 3.33. The summed E-state index contributed by atoms with van der Waals surface area (Å²) in [7, 11) is -3.27. The van der Waals surface area contributed by atoms with Crippen molar-refractivity contribution in [3.63, 3.8) is 0 Å².